The van der Waals surface area contributed by atoms with Gasteiger partial charge in [-0.25, -0.2) is 0 Å². The first kappa shape index (κ1) is 12.5. The Morgan fingerprint density at radius 3 is 2.71 bits per heavy atom. The standard InChI is InChI=1S/C14H18O2S/c1-17-13-7-5-12(6-8-13)16-10-9-11-3-2-4-14(11)15/h5-8,11H,2-4,9-10H2,1H3. The van der Waals surface area contributed by atoms with E-state index in [-0.39, 0.29) is 5.92 Å². The van der Waals surface area contributed by atoms with Crippen molar-refractivity contribution in [1.82, 2.24) is 0 Å². The second-order valence-electron chi connectivity index (χ2n) is 4.37. The van der Waals surface area contributed by atoms with E-state index in [0.29, 0.717) is 12.4 Å². The van der Waals surface area contributed by atoms with Crippen LogP contribution in [-0.4, -0.2) is 18.6 Å². The van der Waals surface area contributed by atoms with Crippen LogP contribution in [0.3, 0.4) is 0 Å². The molecule has 0 heterocycles. The van der Waals surface area contributed by atoms with Gasteiger partial charge in [-0.05, 0) is 49.8 Å². The van der Waals surface area contributed by atoms with Crippen molar-refractivity contribution < 1.29 is 9.53 Å². The Labute approximate surface area is 107 Å². The average molecular weight is 250 g/mol. The van der Waals surface area contributed by atoms with Crippen LogP contribution in [0.2, 0.25) is 0 Å². The first-order valence-corrected chi connectivity index (χ1v) is 7.31. The fourth-order valence-electron chi connectivity index (χ4n) is 2.18. The highest BCUT2D eigenvalue weighted by Gasteiger charge is 2.23. The number of ketones is 1. The van der Waals surface area contributed by atoms with Gasteiger partial charge in [0.05, 0.1) is 6.61 Å². The predicted molar refractivity (Wildman–Crippen MR) is 70.7 cm³/mol. The Morgan fingerprint density at radius 1 is 1.35 bits per heavy atom. The van der Waals surface area contributed by atoms with E-state index in [4.69, 9.17) is 4.74 Å². The Kier molecular flexibility index (Phi) is 4.49. The lowest BCUT2D eigenvalue weighted by Gasteiger charge is -2.09. The molecule has 0 amide bonds. The largest absolute Gasteiger partial charge is 0.494 e. The molecule has 0 saturated heterocycles. The van der Waals surface area contributed by atoms with Gasteiger partial charge in [-0.3, -0.25) is 4.79 Å². The molecule has 0 N–H and O–H groups in total. The minimum Gasteiger partial charge on any atom is -0.494 e. The van der Waals surface area contributed by atoms with Gasteiger partial charge in [0.1, 0.15) is 11.5 Å². The maximum Gasteiger partial charge on any atom is 0.136 e. The second-order valence-corrected chi connectivity index (χ2v) is 5.25. The van der Waals surface area contributed by atoms with Crippen molar-refractivity contribution in [1.29, 1.82) is 0 Å². The molecule has 1 aromatic rings. The van der Waals surface area contributed by atoms with Crippen molar-refractivity contribution >= 4 is 17.5 Å². The highest BCUT2D eigenvalue weighted by atomic mass is 32.2. The summed E-state index contributed by atoms with van der Waals surface area (Å²) in [5.74, 6) is 1.57. The number of ether oxygens (including phenoxy) is 1. The van der Waals surface area contributed by atoms with Crippen LogP contribution in [0.1, 0.15) is 25.7 Å². The minimum absolute atomic E-state index is 0.250. The van der Waals surface area contributed by atoms with E-state index in [0.717, 1.165) is 31.4 Å². The third-order valence-electron chi connectivity index (χ3n) is 3.23. The summed E-state index contributed by atoms with van der Waals surface area (Å²) < 4.78 is 5.65. The van der Waals surface area contributed by atoms with Crippen LogP contribution in [0.25, 0.3) is 0 Å². The smallest absolute Gasteiger partial charge is 0.136 e. The van der Waals surface area contributed by atoms with E-state index in [2.05, 4.69) is 18.4 Å². The lowest BCUT2D eigenvalue weighted by molar-refractivity contribution is -0.121. The van der Waals surface area contributed by atoms with Crippen LogP contribution in [-0.2, 0) is 4.79 Å². The zero-order valence-electron chi connectivity index (χ0n) is 10.1. The number of thioether (sulfide) groups is 1. The molecule has 17 heavy (non-hydrogen) atoms. The van der Waals surface area contributed by atoms with Crippen molar-refractivity contribution in [2.45, 2.75) is 30.6 Å². The van der Waals surface area contributed by atoms with Gasteiger partial charge in [-0.2, -0.15) is 0 Å². The molecule has 2 rings (SSSR count). The third kappa shape index (κ3) is 3.50. The molecule has 1 unspecified atom stereocenters. The summed E-state index contributed by atoms with van der Waals surface area (Å²) in [6, 6.07) is 8.09. The molecule has 0 aromatic heterocycles. The molecule has 1 aromatic carbocycles. The lowest BCUT2D eigenvalue weighted by atomic mass is 10.0. The normalized spacial score (nSPS) is 19.6. The van der Waals surface area contributed by atoms with E-state index >= 15 is 0 Å². The van der Waals surface area contributed by atoms with Gasteiger partial charge < -0.3 is 4.74 Å². The molecule has 0 radical (unpaired) electrons. The topological polar surface area (TPSA) is 26.3 Å². The summed E-state index contributed by atoms with van der Waals surface area (Å²) in [4.78, 5) is 12.7. The van der Waals surface area contributed by atoms with Gasteiger partial charge in [0.25, 0.3) is 0 Å². The van der Waals surface area contributed by atoms with Gasteiger partial charge in [0, 0.05) is 17.2 Å². The molecule has 1 fully saturated rings. The highest BCUT2D eigenvalue weighted by molar-refractivity contribution is 7.98. The van der Waals surface area contributed by atoms with E-state index in [9.17, 15) is 4.79 Å². The van der Waals surface area contributed by atoms with E-state index in [1.165, 1.54) is 4.90 Å². The van der Waals surface area contributed by atoms with Gasteiger partial charge >= 0.3 is 0 Å². The monoisotopic (exact) mass is 250 g/mol. The van der Waals surface area contributed by atoms with Gasteiger partial charge in [0.15, 0.2) is 0 Å². The average Bonchev–Trinajstić information content (AvgIpc) is 2.76. The molecule has 1 aliphatic rings. The van der Waals surface area contributed by atoms with Gasteiger partial charge in [-0.15, -0.1) is 11.8 Å². The number of hydrogen-bond acceptors (Lipinski definition) is 3. The first-order valence-electron chi connectivity index (χ1n) is 6.09. The first-order chi connectivity index (χ1) is 8.29. The summed E-state index contributed by atoms with van der Waals surface area (Å²) in [5, 5.41) is 0. The Morgan fingerprint density at radius 2 is 2.12 bits per heavy atom. The number of carbonyl (C=O) groups is 1. The van der Waals surface area contributed by atoms with Crippen LogP contribution in [0.4, 0.5) is 0 Å². The van der Waals surface area contributed by atoms with Crippen LogP contribution in [0.5, 0.6) is 5.75 Å². The minimum atomic E-state index is 0.250. The zero-order valence-corrected chi connectivity index (χ0v) is 11.0. The van der Waals surface area contributed by atoms with Crippen molar-refractivity contribution in [2.75, 3.05) is 12.9 Å². The Hall–Kier alpha value is -0.960. The highest BCUT2D eigenvalue weighted by Crippen LogP contribution is 2.25. The van der Waals surface area contributed by atoms with Gasteiger partial charge in [-0.1, -0.05) is 0 Å². The van der Waals surface area contributed by atoms with Crippen molar-refractivity contribution in [3.05, 3.63) is 24.3 Å². The van der Waals surface area contributed by atoms with Crippen LogP contribution >= 0.6 is 11.8 Å². The number of Topliss-reactive ketones (excluding diaryl/α,β-unsaturated/α-hetero) is 1. The molecule has 1 saturated carbocycles. The number of rotatable bonds is 5. The molecule has 0 bridgehead atoms. The molecule has 3 heteroatoms. The Bertz CT molecular complexity index is 372. The fourth-order valence-corrected chi connectivity index (χ4v) is 2.59. The Balaban J connectivity index is 1.75. The predicted octanol–water partition coefficient (Wildman–Crippen LogP) is 3.55. The number of benzene rings is 1. The maximum atomic E-state index is 11.4. The summed E-state index contributed by atoms with van der Waals surface area (Å²) in [5.41, 5.74) is 0. The lowest BCUT2D eigenvalue weighted by Crippen LogP contribution is -2.11. The van der Waals surface area contributed by atoms with E-state index in [1.807, 2.05) is 12.1 Å². The summed E-state index contributed by atoms with van der Waals surface area (Å²) in [7, 11) is 0. The zero-order chi connectivity index (χ0) is 12.1. The third-order valence-corrected chi connectivity index (χ3v) is 3.97. The quantitative estimate of drug-likeness (QED) is 0.748. The maximum absolute atomic E-state index is 11.4. The number of hydrogen-bond donors (Lipinski definition) is 0. The van der Waals surface area contributed by atoms with Crippen LogP contribution in [0.15, 0.2) is 29.2 Å². The summed E-state index contributed by atoms with van der Waals surface area (Å²) in [6.45, 7) is 0.648. The summed E-state index contributed by atoms with van der Waals surface area (Å²) >= 11 is 1.72. The van der Waals surface area contributed by atoms with Crippen molar-refractivity contribution in [3.63, 3.8) is 0 Å². The molecule has 0 aliphatic heterocycles. The van der Waals surface area contributed by atoms with E-state index < -0.39 is 0 Å². The molecule has 1 aliphatic carbocycles. The molecule has 0 spiro atoms. The SMILES string of the molecule is CSc1ccc(OCCC2CCCC2=O)cc1. The van der Waals surface area contributed by atoms with Crippen molar-refractivity contribution in [3.8, 4) is 5.75 Å². The fraction of sp³-hybridized carbons (Fsp3) is 0.500. The number of carbonyl (C=O) groups excluding carboxylic acids is 1. The van der Waals surface area contributed by atoms with Crippen LogP contribution < -0.4 is 4.74 Å². The molecule has 1 atom stereocenters. The molecule has 92 valence electrons. The summed E-state index contributed by atoms with van der Waals surface area (Å²) in [6.07, 6.45) is 5.80. The van der Waals surface area contributed by atoms with Crippen molar-refractivity contribution in [2.24, 2.45) is 5.92 Å². The molecule has 2 nitrogen and oxygen atoms in total. The van der Waals surface area contributed by atoms with Crippen LogP contribution in [0, 0.1) is 5.92 Å². The second kappa shape index (κ2) is 6.10. The van der Waals surface area contributed by atoms with E-state index in [1.54, 1.807) is 11.8 Å². The molecular formula is C14H18O2S. The van der Waals surface area contributed by atoms with Gasteiger partial charge in [0.2, 0.25) is 0 Å². The molecular weight excluding hydrogens is 232 g/mol.